The van der Waals surface area contributed by atoms with Gasteiger partial charge in [-0.3, -0.25) is 9.36 Å². The number of carbonyl (C=O) groups excluding carboxylic acids is 1. The fraction of sp³-hybridized carbons (Fsp3) is 0.632. The number of nitrogens with zero attached hydrogens (tertiary/aromatic N) is 2. The van der Waals surface area contributed by atoms with Crippen LogP contribution in [0.1, 0.15) is 68.4 Å². The number of rotatable bonds is 4. The molecule has 2 aromatic heterocycles. The van der Waals surface area contributed by atoms with E-state index in [2.05, 4.69) is 4.98 Å². The topological polar surface area (TPSA) is 61.2 Å². The van der Waals surface area contributed by atoms with E-state index >= 15 is 0 Å². The molecule has 0 amide bonds. The summed E-state index contributed by atoms with van der Waals surface area (Å²) in [6.07, 6.45) is 10.5. The van der Waals surface area contributed by atoms with E-state index in [4.69, 9.17) is 4.74 Å². The van der Waals surface area contributed by atoms with Gasteiger partial charge in [0.05, 0.1) is 11.7 Å². The minimum Gasteiger partial charge on any atom is -0.461 e. The summed E-state index contributed by atoms with van der Waals surface area (Å²) in [5.41, 5.74) is 1.07. The molecule has 1 atom stereocenters. The maximum Gasteiger partial charge on any atom is 0.329 e. The molecule has 0 bridgehead atoms. The van der Waals surface area contributed by atoms with Crippen LogP contribution >= 0.6 is 11.3 Å². The first-order chi connectivity index (χ1) is 12.2. The Morgan fingerprint density at radius 1 is 1.32 bits per heavy atom. The van der Waals surface area contributed by atoms with Gasteiger partial charge in [-0.15, -0.1) is 11.3 Å². The highest BCUT2D eigenvalue weighted by Crippen LogP contribution is 2.34. The second-order valence-corrected chi connectivity index (χ2v) is 8.20. The van der Waals surface area contributed by atoms with E-state index in [1.54, 1.807) is 11.3 Å². The molecule has 25 heavy (non-hydrogen) atoms. The molecule has 0 aromatic carbocycles. The Kier molecular flexibility index (Phi) is 4.63. The lowest BCUT2D eigenvalue weighted by atomic mass is 9.98. The van der Waals surface area contributed by atoms with Crippen LogP contribution in [0, 0.1) is 0 Å². The molecule has 0 saturated heterocycles. The number of hydrogen-bond acceptors (Lipinski definition) is 5. The average molecular weight is 360 g/mol. The lowest BCUT2D eigenvalue weighted by Gasteiger charge is -2.25. The van der Waals surface area contributed by atoms with Crippen molar-refractivity contribution < 1.29 is 9.53 Å². The molecule has 0 spiro atoms. The summed E-state index contributed by atoms with van der Waals surface area (Å²) in [5, 5.41) is 0.726. The lowest BCUT2D eigenvalue weighted by Crippen LogP contribution is -2.33. The number of hydrogen-bond donors (Lipinski definition) is 0. The van der Waals surface area contributed by atoms with E-state index < -0.39 is 6.04 Å². The van der Waals surface area contributed by atoms with Gasteiger partial charge in [0.25, 0.3) is 5.56 Å². The second kappa shape index (κ2) is 6.90. The fourth-order valence-corrected chi connectivity index (χ4v) is 5.34. The van der Waals surface area contributed by atoms with E-state index in [1.807, 2.05) is 6.92 Å². The molecule has 134 valence electrons. The molecule has 6 heteroatoms. The van der Waals surface area contributed by atoms with Crippen molar-refractivity contribution in [1.82, 2.24) is 9.55 Å². The zero-order valence-electron chi connectivity index (χ0n) is 14.6. The molecule has 0 N–H and O–H groups in total. The summed E-state index contributed by atoms with van der Waals surface area (Å²) in [6.45, 7) is 1.92. The van der Waals surface area contributed by atoms with Crippen LogP contribution in [0.5, 0.6) is 0 Å². The van der Waals surface area contributed by atoms with Gasteiger partial charge >= 0.3 is 5.97 Å². The predicted octanol–water partition coefficient (Wildman–Crippen LogP) is 3.77. The zero-order chi connectivity index (χ0) is 17.4. The van der Waals surface area contributed by atoms with Crippen LogP contribution in [0.4, 0.5) is 0 Å². The average Bonchev–Trinajstić information content (AvgIpc) is 3.19. The van der Waals surface area contributed by atoms with Gasteiger partial charge < -0.3 is 4.74 Å². The van der Waals surface area contributed by atoms with E-state index in [0.717, 1.165) is 60.7 Å². The Hall–Kier alpha value is -1.69. The van der Waals surface area contributed by atoms with Gasteiger partial charge in [0.2, 0.25) is 0 Å². The molecular weight excluding hydrogens is 336 g/mol. The molecule has 0 aliphatic heterocycles. The van der Waals surface area contributed by atoms with E-state index in [-0.39, 0.29) is 17.6 Å². The predicted molar refractivity (Wildman–Crippen MR) is 98.2 cm³/mol. The number of ether oxygens (including phenoxy) is 1. The summed E-state index contributed by atoms with van der Waals surface area (Å²) < 4.78 is 7.21. The molecule has 2 aromatic rings. The third-order valence-electron chi connectivity index (χ3n) is 5.48. The van der Waals surface area contributed by atoms with Gasteiger partial charge in [-0.05, 0) is 56.9 Å². The SMILES string of the molecule is CCC(C(=O)OC1CCCCC1)n1cnc2sc3c(c2c1=O)CCC3. The first kappa shape index (κ1) is 16.8. The molecule has 1 saturated carbocycles. The number of carbonyl (C=O) groups is 1. The highest BCUT2D eigenvalue weighted by atomic mass is 32.1. The Morgan fingerprint density at radius 2 is 2.12 bits per heavy atom. The minimum atomic E-state index is -0.580. The Bertz CT molecular complexity index is 848. The summed E-state index contributed by atoms with van der Waals surface area (Å²) in [7, 11) is 0. The molecule has 1 fully saturated rings. The monoisotopic (exact) mass is 360 g/mol. The van der Waals surface area contributed by atoms with Crippen molar-refractivity contribution in [3.8, 4) is 0 Å². The van der Waals surface area contributed by atoms with Crippen LogP contribution in [0.3, 0.4) is 0 Å². The van der Waals surface area contributed by atoms with Crippen LogP contribution in [0.15, 0.2) is 11.1 Å². The maximum atomic E-state index is 13.1. The van der Waals surface area contributed by atoms with Gasteiger partial charge in [-0.2, -0.15) is 0 Å². The molecule has 1 unspecified atom stereocenters. The molecule has 2 heterocycles. The molecular formula is C19H24N2O3S. The fourth-order valence-electron chi connectivity index (χ4n) is 4.12. The standard InChI is InChI=1S/C19H24N2O3S/c1-2-14(19(23)24-12-7-4-3-5-8-12)21-11-20-17-16(18(21)22)13-9-6-10-15(13)25-17/h11-12,14H,2-10H2,1H3. The Balaban J connectivity index is 1.65. The minimum absolute atomic E-state index is 0.00749. The highest BCUT2D eigenvalue weighted by molar-refractivity contribution is 7.18. The summed E-state index contributed by atoms with van der Waals surface area (Å²) in [6, 6.07) is -0.580. The lowest BCUT2D eigenvalue weighted by molar-refractivity contribution is -0.154. The number of aryl methyl sites for hydroxylation is 2. The van der Waals surface area contributed by atoms with Crippen molar-refractivity contribution in [3.05, 3.63) is 27.1 Å². The van der Waals surface area contributed by atoms with Gasteiger partial charge in [0.15, 0.2) is 0 Å². The molecule has 5 nitrogen and oxygen atoms in total. The largest absolute Gasteiger partial charge is 0.461 e. The Morgan fingerprint density at radius 3 is 2.88 bits per heavy atom. The number of esters is 1. The normalized spacial score (nSPS) is 19.1. The van der Waals surface area contributed by atoms with Gasteiger partial charge in [0.1, 0.15) is 17.0 Å². The van der Waals surface area contributed by atoms with Crippen LogP contribution in [-0.4, -0.2) is 21.6 Å². The van der Waals surface area contributed by atoms with Crippen molar-refractivity contribution in [2.45, 2.75) is 76.9 Å². The molecule has 4 rings (SSSR count). The molecule has 0 radical (unpaired) electrons. The van der Waals surface area contributed by atoms with Crippen molar-refractivity contribution in [2.24, 2.45) is 0 Å². The van der Waals surface area contributed by atoms with Gasteiger partial charge in [0, 0.05) is 4.88 Å². The summed E-state index contributed by atoms with van der Waals surface area (Å²) >= 11 is 1.62. The van der Waals surface area contributed by atoms with Crippen molar-refractivity contribution >= 4 is 27.5 Å². The van der Waals surface area contributed by atoms with Crippen molar-refractivity contribution in [2.75, 3.05) is 0 Å². The Labute approximate surface area is 151 Å². The van der Waals surface area contributed by atoms with Crippen molar-refractivity contribution in [1.29, 1.82) is 0 Å². The van der Waals surface area contributed by atoms with Crippen LogP contribution in [0.2, 0.25) is 0 Å². The smallest absolute Gasteiger partial charge is 0.329 e. The quantitative estimate of drug-likeness (QED) is 0.779. The van der Waals surface area contributed by atoms with Gasteiger partial charge in [-0.25, -0.2) is 9.78 Å². The molecule has 2 aliphatic carbocycles. The van der Waals surface area contributed by atoms with Crippen LogP contribution < -0.4 is 5.56 Å². The number of fused-ring (bicyclic) bond motifs is 3. The van der Waals surface area contributed by atoms with Crippen LogP contribution in [-0.2, 0) is 22.4 Å². The third kappa shape index (κ3) is 3.01. The third-order valence-corrected chi connectivity index (χ3v) is 6.68. The molecule has 2 aliphatic rings. The number of thiophene rings is 1. The first-order valence-corrected chi connectivity index (χ1v) is 10.2. The first-order valence-electron chi connectivity index (χ1n) is 9.41. The van der Waals surface area contributed by atoms with Crippen LogP contribution in [0.25, 0.3) is 10.2 Å². The van der Waals surface area contributed by atoms with Crippen molar-refractivity contribution in [3.63, 3.8) is 0 Å². The van der Waals surface area contributed by atoms with E-state index in [0.29, 0.717) is 6.42 Å². The summed E-state index contributed by atoms with van der Waals surface area (Å²) in [4.78, 5) is 32.3. The maximum absolute atomic E-state index is 13.1. The zero-order valence-corrected chi connectivity index (χ0v) is 15.4. The van der Waals surface area contributed by atoms with E-state index in [9.17, 15) is 9.59 Å². The van der Waals surface area contributed by atoms with Gasteiger partial charge in [-0.1, -0.05) is 13.3 Å². The highest BCUT2D eigenvalue weighted by Gasteiger charge is 2.28. The second-order valence-electron chi connectivity index (χ2n) is 7.12. The number of aromatic nitrogens is 2. The summed E-state index contributed by atoms with van der Waals surface area (Å²) in [5.74, 6) is -0.287. The van der Waals surface area contributed by atoms with E-state index in [1.165, 1.54) is 22.2 Å².